The van der Waals surface area contributed by atoms with Crippen LogP contribution < -0.4 is 0 Å². The fourth-order valence-electron chi connectivity index (χ4n) is 4.00. The lowest BCUT2D eigenvalue weighted by Gasteiger charge is -2.43. The molecule has 1 fully saturated rings. The summed E-state index contributed by atoms with van der Waals surface area (Å²) in [5.41, 5.74) is -2.48. The molecule has 210 valence electrons. The number of aliphatic carboxylic acids is 1. The third kappa shape index (κ3) is 5.75. The smallest absolute Gasteiger partial charge is 0.329 e. The van der Waals surface area contributed by atoms with Gasteiger partial charge in [0.25, 0.3) is 0 Å². The van der Waals surface area contributed by atoms with Gasteiger partial charge in [-0.15, -0.1) is 5.10 Å². The number of halogens is 5. The molecule has 1 aromatic heterocycles. The number of nitrogens with zero attached hydrogens (tertiary/aromatic N) is 3. The predicted octanol–water partition coefficient (Wildman–Crippen LogP) is 2.23. The summed E-state index contributed by atoms with van der Waals surface area (Å²) in [5.74, 6) is -6.23. The van der Waals surface area contributed by atoms with Crippen LogP contribution in [0.25, 0.3) is 11.3 Å². The second kappa shape index (κ2) is 11.4. The van der Waals surface area contributed by atoms with E-state index in [2.05, 4.69) is 10.3 Å². The maximum Gasteiger partial charge on any atom is 0.329 e. The first-order chi connectivity index (χ1) is 18.3. The largest absolute Gasteiger partial charge is 0.480 e. The Morgan fingerprint density at radius 2 is 1.79 bits per heavy atom. The number of sulfone groups is 1. The van der Waals surface area contributed by atoms with Gasteiger partial charge in [-0.05, 0) is 30.3 Å². The van der Waals surface area contributed by atoms with E-state index in [-0.39, 0.29) is 21.3 Å². The molecular weight excluding hydrogens is 594 g/mol. The molecule has 1 aliphatic rings. The van der Waals surface area contributed by atoms with Crippen molar-refractivity contribution in [1.29, 1.82) is 0 Å². The number of carbonyl (C=O) groups is 1. The summed E-state index contributed by atoms with van der Waals surface area (Å²) in [7, 11) is -4.57. The Hall–Kier alpha value is -2.79. The molecule has 3 N–H and O–H groups in total. The van der Waals surface area contributed by atoms with Gasteiger partial charge in [-0.3, -0.25) is 0 Å². The van der Waals surface area contributed by atoms with E-state index in [0.29, 0.717) is 12.1 Å². The Kier molecular flexibility index (Phi) is 8.51. The molecule has 5 atom stereocenters. The number of benzene rings is 2. The van der Waals surface area contributed by atoms with Crippen molar-refractivity contribution in [1.82, 2.24) is 15.0 Å². The Bertz CT molecular complexity index is 1490. The van der Waals surface area contributed by atoms with Gasteiger partial charge < -0.3 is 24.8 Å². The molecule has 0 aliphatic carbocycles. The number of aliphatic hydroxyl groups is 2. The minimum atomic E-state index is -4.57. The van der Waals surface area contributed by atoms with Crippen molar-refractivity contribution >= 4 is 39.0 Å². The highest BCUT2D eigenvalue weighted by molar-refractivity contribution is 7.92. The van der Waals surface area contributed by atoms with Crippen molar-refractivity contribution in [3.63, 3.8) is 0 Å². The van der Waals surface area contributed by atoms with E-state index in [9.17, 15) is 41.7 Å². The van der Waals surface area contributed by atoms with E-state index in [1.807, 2.05) is 0 Å². The third-order valence-electron chi connectivity index (χ3n) is 5.84. The van der Waals surface area contributed by atoms with Crippen LogP contribution in [-0.4, -0.2) is 81.7 Å². The van der Waals surface area contributed by atoms with Gasteiger partial charge in [0, 0.05) is 5.56 Å². The van der Waals surface area contributed by atoms with Gasteiger partial charge in [0.15, 0.2) is 22.9 Å². The molecule has 0 spiro atoms. The van der Waals surface area contributed by atoms with Crippen molar-refractivity contribution in [2.75, 3.05) is 13.2 Å². The fourth-order valence-corrected chi connectivity index (χ4v) is 6.06. The summed E-state index contributed by atoms with van der Waals surface area (Å²) in [6.45, 7) is -1.92. The summed E-state index contributed by atoms with van der Waals surface area (Å²) in [6, 6.07) is 3.05. The first-order valence-electron chi connectivity index (χ1n) is 10.9. The minimum Gasteiger partial charge on any atom is -0.480 e. The van der Waals surface area contributed by atoms with Crippen molar-refractivity contribution in [3.05, 3.63) is 64.0 Å². The standard InChI is InChI=1S/C22H18Cl2F3N3O8S/c23-11-2-1-10(5-12(11)24)39(35,36)22-21(37-8-17(32)33)19(20(34)16(7-31)38-22)30-6-15(28-29-30)9-3-13(25)18(27)14(26)4-9/h1-6,16,19-22,31,34H,7-8H2,(H,32,33)/t16-,19+,20+,21-,22-/m1/s1. The molecule has 3 aromatic rings. The summed E-state index contributed by atoms with van der Waals surface area (Å²) in [6.07, 6.45) is -4.03. The molecule has 1 saturated heterocycles. The lowest BCUT2D eigenvalue weighted by Crippen LogP contribution is -2.59. The van der Waals surface area contributed by atoms with E-state index >= 15 is 0 Å². The van der Waals surface area contributed by atoms with Crippen molar-refractivity contribution in [2.45, 2.75) is 34.7 Å². The highest BCUT2D eigenvalue weighted by Gasteiger charge is 2.53. The number of hydrogen-bond acceptors (Lipinski definition) is 9. The Morgan fingerprint density at radius 3 is 2.38 bits per heavy atom. The minimum absolute atomic E-state index is 0.0456. The number of aromatic nitrogens is 3. The molecular formula is C22H18Cl2F3N3O8S. The van der Waals surface area contributed by atoms with Gasteiger partial charge in [-0.2, -0.15) is 0 Å². The second-order valence-corrected chi connectivity index (χ2v) is 11.2. The topological polar surface area (TPSA) is 161 Å². The SMILES string of the molecule is O=C(O)CO[C@@H]1[C@@H](n2cc(-c3cc(F)c(F)c(F)c3)nn2)[C@@H](O)[C@@H](CO)O[C@@H]1S(=O)(=O)c1ccc(Cl)c(Cl)c1. The fraction of sp³-hybridized carbons (Fsp3) is 0.318. The second-order valence-electron chi connectivity index (χ2n) is 8.33. The molecule has 39 heavy (non-hydrogen) atoms. The lowest BCUT2D eigenvalue weighted by molar-refractivity contribution is -0.198. The zero-order chi connectivity index (χ0) is 28.6. The zero-order valence-electron chi connectivity index (χ0n) is 19.3. The van der Waals surface area contributed by atoms with Crippen LogP contribution in [0.2, 0.25) is 10.0 Å². The molecule has 0 radical (unpaired) electrons. The zero-order valence-corrected chi connectivity index (χ0v) is 21.6. The summed E-state index contributed by atoms with van der Waals surface area (Å²) < 4.78 is 79.9. The van der Waals surface area contributed by atoms with Crippen LogP contribution in [0.3, 0.4) is 0 Å². The summed E-state index contributed by atoms with van der Waals surface area (Å²) >= 11 is 11.8. The van der Waals surface area contributed by atoms with Gasteiger partial charge in [0.2, 0.25) is 9.84 Å². The molecule has 17 heteroatoms. The third-order valence-corrected chi connectivity index (χ3v) is 8.49. The molecule has 0 saturated carbocycles. The maximum absolute atomic E-state index is 13.8. The van der Waals surface area contributed by atoms with E-state index in [1.54, 1.807) is 0 Å². The number of ether oxygens (including phenoxy) is 2. The molecule has 4 rings (SSSR count). The molecule has 0 bridgehead atoms. The van der Waals surface area contributed by atoms with Gasteiger partial charge in [-0.25, -0.2) is 31.1 Å². The van der Waals surface area contributed by atoms with Gasteiger partial charge >= 0.3 is 5.97 Å². The van der Waals surface area contributed by atoms with Gasteiger partial charge in [0.05, 0.1) is 27.7 Å². The van der Waals surface area contributed by atoms with E-state index in [0.717, 1.165) is 23.0 Å². The van der Waals surface area contributed by atoms with Crippen LogP contribution in [0.5, 0.6) is 0 Å². The average molecular weight is 612 g/mol. The Labute approximate surface area is 228 Å². The van der Waals surface area contributed by atoms with Gasteiger partial charge in [-0.1, -0.05) is 28.4 Å². The van der Waals surface area contributed by atoms with Crippen LogP contribution in [0.4, 0.5) is 13.2 Å². The molecule has 0 unspecified atom stereocenters. The van der Waals surface area contributed by atoms with E-state index in [1.165, 1.54) is 6.07 Å². The van der Waals surface area contributed by atoms with Crippen molar-refractivity contribution in [3.8, 4) is 11.3 Å². The molecule has 2 heterocycles. The van der Waals surface area contributed by atoms with Crippen LogP contribution in [0, 0.1) is 17.5 Å². The number of aliphatic hydroxyl groups excluding tert-OH is 2. The number of carboxylic acid groups (broad SMARTS) is 1. The Morgan fingerprint density at radius 1 is 1.13 bits per heavy atom. The number of hydrogen-bond donors (Lipinski definition) is 3. The molecule has 2 aromatic carbocycles. The quantitative estimate of drug-likeness (QED) is 0.322. The van der Waals surface area contributed by atoms with Crippen molar-refractivity contribution < 1.29 is 51.2 Å². The molecule has 11 nitrogen and oxygen atoms in total. The first kappa shape index (κ1) is 29.2. The molecule has 1 aliphatic heterocycles. The van der Waals surface area contributed by atoms with Crippen molar-refractivity contribution in [2.24, 2.45) is 0 Å². The lowest BCUT2D eigenvalue weighted by atomic mass is 9.97. The van der Waals surface area contributed by atoms with Crippen LogP contribution in [-0.2, 0) is 24.1 Å². The van der Waals surface area contributed by atoms with E-state index < -0.39 is 81.2 Å². The number of carboxylic acids is 1. The monoisotopic (exact) mass is 611 g/mol. The Balaban J connectivity index is 1.81. The maximum atomic E-state index is 13.8. The van der Waals surface area contributed by atoms with E-state index in [4.69, 9.17) is 32.7 Å². The highest BCUT2D eigenvalue weighted by Crippen LogP contribution is 2.38. The molecule has 0 amide bonds. The highest BCUT2D eigenvalue weighted by atomic mass is 35.5. The van der Waals surface area contributed by atoms with Crippen LogP contribution in [0.15, 0.2) is 41.4 Å². The number of rotatable bonds is 8. The summed E-state index contributed by atoms with van der Waals surface area (Å²) in [5, 5.41) is 37.4. The van der Waals surface area contributed by atoms with Crippen LogP contribution >= 0.6 is 23.2 Å². The first-order valence-corrected chi connectivity index (χ1v) is 13.2. The average Bonchev–Trinajstić information content (AvgIpc) is 3.36. The van der Waals surface area contributed by atoms with Crippen LogP contribution in [0.1, 0.15) is 6.04 Å². The summed E-state index contributed by atoms with van der Waals surface area (Å²) in [4.78, 5) is 10.9. The predicted molar refractivity (Wildman–Crippen MR) is 127 cm³/mol. The normalized spacial score (nSPS) is 23.6. The van der Waals surface area contributed by atoms with Gasteiger partial charge in [0.1, 0.15) is 36.7 Å².